The first kappa shape index (κ1) is 19.3. The van der Waals surface area contributed by atoms with Crippen molar-refractivity contribution in [2.24, 2.45) is 5.41 Å². The predicted octanol–water partition coefficient (Wildman–Crippen LogP) is 3.63. The third-order valence-electron chi connectivity index (χ3n) is 5.55. The van der Waals surface area contributed by atoms with E-state index in [9.17, 15) is 4.79 Å². The normalized spacial score (nSPS) is 16.7. The quantitative estimate of drug-likeness (QED) is 0.715. The second-order valence-electron chi connectivity index (χ2n) is 8.57. The van der Waals surface area contributed by atoms with Gasteiger partial charge in [0.05, 0.1) is 11.7 Å². The molecule has 1 aliphatic carbocycles. The summed E-state index contributed by atoms with van der Waals surface area (Å²) in [5, 5.41) is 20.0. The van der Waals surface area contributed by atoms with Crippen molar-refractivity contribution < 1.29 is 4.79 Å². The third kappa shape index (κ3) is 4.52. The first-order valence-electron chi connectivity index (χ1n) is 10.1. The highest BCUT2D eigenvalue weighted by Gasteiger charge is 2.29. The van der Waals surface area contributed by atoms with Crippen LogP contribution >= 0.6 is 0 Å². The Kier molecular flexibility index (Phi) is 5.17. The maximum Gasteiger partial charge on any atom is 0.249 e. The summed E-state index contributed by atoms with van der Waals surface area (Å²) in [4.78, 5) is 13.9. The highest BCUT2D eigenvalue weighted by Crippen LogP contribution is 2.40. The molecule has 3 aromatic rings. The molecule has 1 aromatic carbocycles. The van der Waals surface area contributed by atoms with Gasteiger partial charge in [0.25, 0.3) is 0 Å². The van der Waals surface area contributed by atoms with Gasteiger partial charge >= 0.3 is 0 Å². The summed E-state index contributed by atoms with van der Waals surface area (Å²) in [7, 11) is 0. The van der Waals surface area contributed by atoms with E-state index in [1.165, 1.54) is 4.80 Å². The number of amides is 1. The van der Waals surface area contributed by atoms with Gasteiger partial charge in [0.1, 0.15) is 12.4 Å². The van der Waals surface area contributed by atoms with Crippen LogP contribution in [0.4, 0.5) is 5.82 Å². The molecule has 8 heteroatoms. The fourth-order valence-corrected chi connectivity index (χ4v) is 3.84. The van der Waals surface area contributed by atoms with E-state index in [1.54, 1.807) is 0 Å². The maximum atomic E-state index is 12.6. The Hall–Kier alpha value is -3.03. The van der Waals surface area contributed by atoms with Crippen molar-refractivity contribution in [1.29, 1.82) is 0 Å². The molecule has 1 aliphatic rings. The molecule has 0 bridgehead atoms. The van der Waals surface area contributed by atoms with E-state index in [-0.39, 0.29) is 12.5 Å². The lowest BCUT2D eigenvalue weighted by atomic mass is 9.75. The van der Waals surface area contributed by atoms with Gasteiger partial charge in [-0.2, -0.15) is 9.90 Å². The number of aryl methyl sites for hydroxylation is 1. The molecule has 0 spiro atoms. The second kappa shape index (κ2) is 7.77. The first-order chi connectivity index (χ1) is 13.9. The predicted molar refractivity (Wildman–Crippen MR) is 110 cm³/mol. The number of carbonyl (C=O) groups is 1. The van der Waals surface area contributed by atoms with Crippen molar-refractivity contribution in [1.82, 2.24) is 30.0 Å². The van der Waals surface area contributed by atoms with Gasteiger partial charge in [-0.05, 0) is 43.2 Å². The minimum Gasteiger partial charge on any atom is -0.309 e. The minimum absolute atomic E-state index is 0.00175. The Morgan fingerprint density at radius 1 is 1.17 bits per heavy atom. The highest BCUT2D eigenvalue weighted by atomic mass is 16.2. The molecule has 4 rings (SSSR count). The molecular weight excluding hydrogens is 366 g/mol. The standard InChI is InChI=1S/C21H27N7O/c1-15-13-18(28(24-15)17-9-11-21(2,3)12-10-17)22-19(29)14-27-25-20(23-26-27)16-7-5-4-6-8-16/h4-8,13,17H,9-12,14H2,1-3H3,(H,22,29). The molecule has 2 aromatic heterocycles. The molecule has 1 amide bonds. The van der Waals surface area contributed by atoms with Crippen LogP contribution in [0.5, 0.6) is 0 Å². The lowest BCUT2D eigenvalue weighted by Gasteiger charge is -2.34. The summed E-state index contributed by atoms with van der Waals surface area (Å²) in [5.74, 6) is 1.05. The number of nitrogens with one attached hydrogen (secondary N) is 1. The van der Waals surface area contributed by atoms with Crippen LogP contribution in [-0.4, -0.2) is 35.9 Å². The Labute approximate surface area is 170 Å². The zero-order valence-corrected chi connectivity index (χ0v) is 17.2. The molecule has 0 unspecified atom stereocenters. The number of anilines is 1. The van der Waals surface area contributed by atoms with E-state index in [2.05, 4.69) is 39.7 Å². The molecule has 1 fully saturated rings. The summed E-state index contributed by atoms with van der Waals surface area (Å²) in [6.45, 7) is 6.58. The summed E-state index contributed by atoms with van der Waals surface area (Å²) in [5.41, 5.74) is 2.15. The summed E-state index contributed by atoms with van der Waals surface area (Å²) in [6.07, 6.45) is 4.47. The van der Waals surface area contributed by atoms with Gasteiger partial charge in [0.2, 0.25) is 11.7 Å². The number of carbonyl (C=O) groups excluding carboxylic acids is 1. The molecule has 1 saturated carbocycles. The smallest absolute Gasteiger partial charge is 0.249 e. The lowest BCUT2D eigenvalue weighted by molar-refractivity contribution is -0.117. The van der Waals surface area contributed by atoms with Crippen LogP contribution in [0.1, 0.15) is 51.3 Å². The number of nitrogens with zero attached hydrogens (tertiary/aromatic N) is 6. The Bertz CT molecular complexity index is 980. The lowest BCUT2D eigenvalue weighted by Crippen LogP contribution is -2.27. The van der Waals surface area contributed by atoms with Crippen molar-refractivity contribution in [3.8, 4) is 11.4 Å². The van der Waals surface area contributed by atoms with Crippen LogP contribution < -0.4 is 5.32 Å². The summed E-state index contributed by atoms with van der Waals surface area (Å²) < 4.78 is 1.98. The van der Waals surface area contributed by atoms with Crippen molar-refractivity contribution in [3.63, 3.8) is 0 Å². The minimum atomic E-state index is -0.195. The number of tetrazole rings is 1. The monoisotopic (exact) mass is 393 g/mol. The van der Waals surface area contributed by atoms with Gasteiger partial charge in [-0.25, -0.2) is 4.68 Å². The zero-order valence-electron chi connectivity index (χ0n) is 17.2. The van der Waals surface area contributed by atoms with Crippen LogP contribution in [0.2, 0.25) is 0 Å². The molecule has 0 atom stereocenters. The van der Waals surface area contributed by atoms with Crippen LogP contribution in [-0.2, 0) is 11.3 Å². The Balaban J connectivity index is 1.42. The van der Waals surface area contributed by atoms with Gasteiger partial charge in [-0.15, -0.1) is 10.2 Å². The molecule has 2 heterocycles. The average molecular weight is 393 g/mol. The van der Waals surface area contributed by atoms with Gasteiger partial charge in [-0.3, -0.25) is 4.79 Å². The molecule has 1 N–H and O–H groups in total. The Morgan fingerprint density at radius 2 is 1.90 bits per heavy atom. The van der Waals surface area contributed by atoms with Gasteiger partial charge in [0, 0.05) is 11.6 Å². The van der Waals surface area contributed by atoms with E-state index in [0.29, 0.717) is 17.3 Å². The fourth-order valence-electron chi connectivity index (χ4n) is 3.84. The SMILES string of the molecule is Cc1cc(NC(=O)Cn2nnc(-c3ccccc3)n2)n(C2CCC(C)(C)CC2)n1. The topological polar surface area (TPSA) is 90.5 Å². The molecule has 0 aliphatic heterocycles. The van der Waals surface area contributed by atoms with E-state index in [1.807, 2.05) is 48.0 Å². The number of rotatable bonds is 5. The zero-order chi connectivity index (χ0) is 20.4. The van der Waals surface area contributed by atoms with E-state index in [4.69, 9.17) is 0 Å². The molecule has 29 heavy (non-hydrogen) atoms. The Morgan fingerprint density at radius 3 is 2.62 bits per heavy atom. The fraction of sp³-hybridized carbons (Fsp3) is 0.476. The summed E-state index contributed by atoms with van der Waals surface area (Å²) >= 11 is 0. The molecular formula is C21H27N7O. The number of hydrogen-bond acceptors (Lipinski definition) is 5. The van der Waals surface area contributed by atoms with Crippen LogP contribution in [0, 0.1) is 12.3 Å². The second-order valence-corrected chi connectivity index (χ2v) is 8.57. The molecule has 152 valence electrons. The van der Waals surface area contributed by atoms with E-state index in [0.717, 1.165) is 42.8 Å². The van der Waals surface area contributed by atoms with Gasteiger partial charge in [-0.1, -0.05) is 44.2 Å². The van der Waals surface area contributed by atoms with Crippen molar-refractivity contribution in [2.75, 3.05) is 5.32 Å². The summed E-state index contributed by atoms with van der Waals surface area (Å²) in [6, 6.07) is 11.8. The molecule has 8 nitrogen and oxygen atoms in total. The van der Waals surface area contributed by atoms with Crippen LogP contribution in [0.25, 0.3) is 11.4 Å². The average Bonchev–Trinajstić information content (AvgIpc) is 3.29. The molecule has 0 saturated heterocycles. The van der Waals surface area contributed by atoms with Gasteiger partial charge in [0.15, 0.2) is 0 Å². The van der Waals surface area contributed by atoms with E-state index >= 15 is 0 Å². The van der Waals surface area contributed by atoms with Crippen molar-refractivity contribution in [2.45, 2.75) is 59.0 Å². The van der Waals surface area contributed by atoms with Crippen LogP contribution in [0.3, 0.4) is 0 Å². The third-order valence-corrected chi connectivity index (χ3v) is 5.55. The first-order valence-corrected chi connectivity index (χ1v) is 10.1. The van der Waals surface area contributed by atoms with Crippen molar-refractivity contribution >= 4 is 11.7 Å². The number of benzene rings is 1. The molecule has 0 radical (unpaired) electrons. The number of aromatic nitrogens is 6. The van der Waals surface area contributed by atoms with Gasteiger partial charge < -0.3 is 5.32 Å². The van der Waals surface area contributed by atoms with Crippen LogP contribution in [0.15, 0.2) is 36.4 Å². The number of hydrogen-bond donors (Lipinski definition) is 1. The highest BCUT2D eigenvalue weighted by molar-refractivity contribution is 5.89. The van der Waals surface area contributed by atoms with Crippen molar-refractivity contribution in [3.05, 3.63) is 42.1 Å². The largest absolute Gasteiger partial charge is 0.309 e. The van der Waals surface area contributed by atoms with E-state index < -0.39 is 0 Å². The maximum absolute atomic E-state index is 12.6.